The number of hydrogen-bond acceptors (Lipinski definition) is 1. The van der Waals surface area contributed by atoms with Crippen molar-refractivity contribution in [3.63, 3.8) is 0 Å². The van der Waals surface area contributed by atoms with Crippen LogP contribution in [0.25, 0.3) is 10.9 Å². The predicted octanol–water partition coefficient (Wildman–Crippen LogP) is 4.25. The van der Waals surface area contributed by atoms with E-state index in [1.807, 2.05) is 0 Å². The van der Waals surface area contributed by atoms with Crippen molar-refractivity contribution in [2.24, 2.45) is 0 Å². The maximum atomic E-state index is 3.73. The fourth-order valence-electron chi connectivity index (χ4n) is 3.23. The summed E-state index contributed by atoms with van der Waals surface area (Å²) in [5.41, 5.74) is 2.80. The summed E-state index contributed by atoms with van der Waals surface area (Å²) in [6, 6.07) is 10.0. The van der Waals surface area contributed by atoms with Crippen molar-refractivity contribution in [2.45, 2.75) is 58.2 Å². The third-order valence-electron chi connectivity index (χ3n) is 4.32. The standard InChI is InChI=1S/C17H24N2/c1-13(2)19-12-14(11-18-15-7-3-4-8-15)16-9-5-6-10-17(16)19/h5-6,9-10,12-13,15,18H,3-4,7-8,11H2,1-2H3. The number of aromatic nitrogens is 1. The van der Waals surface area contributed by atoms with Crippen molar-refractivity contribution in [2.75, 3.05) is 0 Å². The molecule has 2 heteroatoms. The second-order valence-corrected chi connectivity index (χ2v) is 6.03. The van der Waals surface area contributed by atoms with Gasteiger partial charge in [-0.1, -0.05) is 31.0 Å². The molecule has 1 fully saturated rings. The van der Waals surface area contributed by atoms with Gasteiger partial charge in [0.15, 0.2) is 0 Å². The van der Waals surface area contributed by atoms with E-state index in [0.717, 1.165) is 12.6 Å². The van der Waals surface area contributed by atoms with Gasteiger partial charge in [0.1, 0.15) is 0 Å². The van der Waals surface area contributed by atoms with Gasteiger partial charge in [-0.05, 0) is 38.3 Å². The lowest BCUT2D eigenvalue weighted by atomic mass is 10.1. The molecule has 1 aliphatic rings. The zero-order valence-electron chi connectivity index (χ0n) is 12.0. The van der Waals surface area contributed by atoms with Gasteiger partial charge in [0.2, 0.25) is 0 Å². The first kappa shape index (κ1) is 12.7. The van der Waals surface area contributed by atoms with Gasteiger partial charge < -0.3 is 9.88 Å². The first-order chi connectivity index (χ1) is 9.25. The van der Waals surface area contributed by atoms with E-state index >= 15 is 0 Å². The molecule has 1 heterocycles. The van der Waals surface area contributed by atoms with Crippen LogP contribution in [-0.2, 0) is 6.54 Å². The molecule has 1 aromatic heterocycles. The summed E-state index contributed by atoms with van der Waals surface area (Å²) in [4.78, 5) is 0. The number of para-hydroxylation sites is 1. The normalized spacial score (nSPS) is 16.8. The molecular weight excluding hydrogens is 232 g/mol. The molecule has 0 saturated heterocycles. The van der Waals surface area contributed by atoms with Gasteiger partial charge in [-0.15, -0.1) is 0 Å². The smallest absolute Gasteiger partial charge is 0.0486 e. The SMILES string of the molecule is CC(C)n1cc(CNC2CCCC2)c2ccccc21. The molecule has 3 rings (SSSR count). The van der Waals surface area contributed by atoms with E-state index in [0.29, 0.717) is 6.04 Å². The third kappa shape index (κ3) is 2.55. The van der Waals surface area contributed by atoms with E-state index in [1.54, 1.807) is 0 Å². The van der Waals surface area contributed by atoms with Crippen molar-refractivity contribution in [3.8, 4) is 0 Å². The van der Waals surface area contributed by atoms with Crippen molar-refractivity contribution in [3.05, 3.63) is 36.0 Å². The topological polar surface area (TPSA) is 17.0 Å². The Hall–Kier alpha value is -1.28. The molecule has 2 nitrogen and oxygen atoms in total. The van der Waals surface area contributed by atoms with Crippen molar-refractivity contribution in [1.29, 1.82) is 0 Å². The maximum Gasteiger partial charge on any atom is 0.0486 e. The largest absolute Gasteiger partial charge is 0.345 e. The van der Waals surface area contributed by atoms with Crippen LogP contribution in [0.2, 0.25) is 0 Å². The summed E-state index contributed by atoms with van der Waals surface area (Å²) in [6.07, 6.45) is 7.82. The molecule has 0 atom stereocenters. The lowest BCUT2D eigenvalue weighted by Crippen LogP contribution is -2.25. The number of fused-ring (bicyclic) bond motifs is 1. The average Bonchev–Trinajstić information content (AvgIpc) is 3.04. The highest BCUT2D eigenvalue weighted by Crippen LogP contribution is 2.25. The summed E-state index contributed by atoms with van der Waals surface area (Å²) >= 11 is 0. The molecule has 2 aromatic rings. The quantitative estimate of drug-likeness (QED) is 0.865. The molecule has 1 aliphatic carbocycles. The summed E-state index contributed by atoms with van der Waals surface area (Å²) in [7, 11) is 0. The molecule has 19 heavy (non-hydrogen) atoms. The monoisotopic (exact) mass is 256 g/mol. The van der Waals surface area contributed by atoms with Crippen LogP contribution >= 0.6 is 0 Å². The Balaban J connectivity index is 1.85. The summed E-state index contributed by atoms with van der Waals surface area (Å²) in [6.45, 7) is 5.51. The van der Waals surface area contributed by atoms with Gasteiger partial charge in [0.05, 0.1) is 0 Å². The van der Waals surface area contributed by atoms with Gasteiger partial charge in [0, 0.05) is 35.7 Å². The number of rotatable bonds is 4. The molecule has 0 aliphatic heterocycles. The first-order valence-corrected chi connectivity index (χ1v) is 7.57. The molecule has 0 amide bonds. The minimum atomic E-state index is 0.519. The lowest BCUT2D eigenvalue weighted by Gasteiger charge is -2.11. The van der Waals surface area contributed by atoms with Crippen LogP contribution in [0.15, 0.2) is 30.5 Å². The fourth-order valence-corrected chi connectivity index (χ4v) is 3.23. The van der Waals surface area contributed by atoms with E-state index in [1.165, 1.54) is 42.1 Å². The molecule has 102 valence electrons. The summed E-state index contributed by atoms with van der Waals surface area (Å²) in [5.74, 6) is 0. The fraction of sp³-hybridized carbons (Fsp3) is 0.529. The van der Waals surface area contributed by atoms with Crippen LogP contribution in [-0.4, -0.2) is 10.6 Å². The van der Waals surface area contributed by atoms with Crippen LogP contribution in [0, 0.1) is 0 Å². The number of hydrogen-bond donors (Lipinski definition) is 1. The Labute approximate surface area is 115 Å². The van der Waals surface area contributed by atoms with Crippen LogP contribution in [0.3, 0.4) is 0 Å². The Bertz CT molecular complexity index is 547. The Morgan fingerprint density at radius 3 is 2.68 bits per heavy atom. The van der Waals surface area contributed by atoms with Crippen molar-refractivity contribution in [1.82, 2.24) is 9.88 Å². The highest BCUT2D eigenvalue weighted by atomic mass is 15.0. The van der Waals surface area contributed by atoms with Gasteiger partial charge in [-0.3, -0.25) is 0 Å². The zero-order chi connectivity index (χ0) is 13.2. The minimum Gasteiger partial charge on any atom is -0.345 e. The molecule has 0 radical (unpaired) electrons. The number of benzene rings is 1. The van der Waals surface area contributed by atoms with Gasteiger partial charge >= 0.3 is 0 Å². The van der Waals surface area contributed by atoms with Crippen molar-refractivity contribution < 1.29 is 0 Å². The Kier molecular flexibility index (Phi) is 3.61. The van der Waals surface area contributed by atoms with E-state index in [2.05, 4.69) is 54.2 Å². The number of nitrogens with one attached hydrogen (secondary N) is 1. The zero-order valence-corrected chi connectivity index (χ0v) is 12.0. The Morgan fingerprint density at radius 1 is 1.21 bits per heavy atom. The maximum absolute atomic E-state index is 3.73. The van der Waals surface area contributed by atoms with E-state index in [4.69, 9.17) is 0 Å². The van der Waals surface area contributed by atoms with Gasteiger partial charge in [-0.2, -0.15) is 0 Å². The van der Waals surface area contributed by atoms with Crippen LogP contribution in [0.1, 0.15) is 51.1 Å². The molecule has 1 saturated carbocycles. The summed E-state index contributed by atoms with van der Waals surface area (Å²) < 4.78 is 2.39. The average molecular weight is 256 g/mol. The first-order valence-electron chi connectivity index (χ1n) is 7.57. The van der Waals surface area contributed by atoms with E-state index in [-0.39, 0.29) is 0 Å². The van der Waals surface area contributed by atoms with Gasteiger partial charge in [0.25, 0.3) is 0 Å². The highest BCUT2D eigenvalue weighted by molar-refractivity contribution is 5.84. The molecule has 0 unspecified atom stereocenters. The molecular formula is C17H24N2. The molecule has 0 spiro atoms. The van der Waals surface area contributed by atoms with Crippen LogP contribution < -0.4 is 5.32 Å². The van der Waals surface area contributed by atoms with Gasteiger partial charge in [-0.25, -0.2) is 0 Å². The minimum absolute atomic E-state index is 0.519. The molecule has 1 aromatic carbocycles. The van der Waals surface area contributed by atoms with Crippen molar-refractivity contribution >= 4 is 10.9 Å². The Morgan fingerprint density at radius 2 is 1.95 bits per heavy atom. The molecule has 1 N–H and O–H groups in total. The van der Waals surface area contributed by atoms with E-state index < -0.39 is 0 Å². The third-order valence-corrected chi connectivity index (χ3v) is 4.32. The second-order valence-electron chi connectivity index (χ2n) is 6.03. The lowest BCUT2D eigenvalue weighted by molar-refractivity contribution is 0.523. The van der Waals surface area contributed by atoms with E-state index in [9.17, 15) is 0 Å². The second kappa shape index (κ2) is 5.38. The molecule has 0 bridgehead atoms. The predicted molar refractivity (Wildman–Crippen MR) is 81.4 cm³/mol. The summed E-state index contributed by atoms with van der Waals surface area (Å²) in [5, 5.41) is 5.13. The van der Waals surface area contributed by atoms with Crippen LogP contribution in [0.4, 0.5) is 0 Å². The number of nitrogens with zero attached hydrogens (tertiary/aromatic N) is 1. The highest BCUT2D eigenvalue weighted by Gasteiger charge is 2.15. The van der Waals surface area contributed by atoms with Crippen LogP contribution in [0.5, 0.6) is 0 Å².